The maximum absolute atomic E-state index is 5.87. The number of nitrogens with zero attached hydrogens (tertiary/aromatic N) is 2. The lowest BCUT2D eigenvalue weighted by molar-refractivity contribution is -0.00757. The highest BCUT2D eigenvalue weighted by Crippen LogP contribution is 2.25. The van der Waals surface area contributed by atoms with E-state index in [1.807, 2.05) is 0 Å². The average Bonchev–Trinajstić information content (AvgIpc) is 2.33. The van der Waals surface area contributed by atoms with E-state index >= 15 is 0 Å². The second-order valence-corrected chi connectivity index (χ2v) is 5.98. The smallest absolute Gasteiger partial charge is 0.0343 e. The van der Waals surface area contributed by atoms with Crippen LogP contribution in [-0.2, 0) is 6.54 Å². The molecule has 0 bridgehead atoms. The van der Waals surface area contributed by atoms with Gasteiger partial charge in [-0.3, -0.25) is 9.80 Å². The molecule has 0 amide bonds. The average molecular weight is 247 g/mol. The summed E-state index contributed by atoms with van der Waals surface area (Å²) < 4.78 is 0. The van der Waals surface area contributed by atoms with Gasteiger partial charge in [-0.2, -0.15) is 0 Å². The second kappa shape index (κ2) is 5.39. The molecule has 1 aromatic rings. The van der Waals surface area contributed by atoms with Gasteiger partial charge in [-0.05, 0) is 26.5 Å². The van der Waals surface area contributed by atoms with Gasteiger partial charge in [-0.25, -0.2) is 0 Å². The van der Waals surface area contributed by atoms with Gasteiger partial charge in [0.2, 0.25) is 0 Å². The molecule has 0 radical (unpaired) electrons. The van der Waals surface area contributed by atoms with E-state index in [0.717, 1.165) is 26.2 Å². The van der Waals surface area contributed by atoms with Crippen LogP contribution in [0.1, 0.15) is 19.4 Å². The molecule has 0 aliphatic carbocycles. The lowest BCUT2D eigenvalue weighted by Gasteiger charge is -2.50. The maximum atomic E-state index is 5.87. The zero-order valence-electron chi connectivity index (χ0n) is 11.8. The van der Waals surface area contributed by atoms with Crippen LogP contribution in [0.2, 0.25) is 0 Å². The van der Waals surface area contributed by atoms with Gasteiger partial charge in [0.05, 0.1) is 0 Å². The SMILES string of the molecule is CN1CC(C)(C)N(Cc2ccccc2)CC1CN. The summed E-state index contributed by atoms with van der Waals surface area (Å²) in [5, 5.41) is 0. The molecule has 0 aromatic heterocycles. The van der Waals surface area contributed by atoms with Crippen molar-refractivity contribution in [3.8, 4) is 0 Å². The molecule has 3 nitrogen and oxygen atoms in total. The first-order chi connectivity index (χ1) is 8.53. The van der Waals surface area contributed by atoms with Gasteiger partial charge < -0.3 is 5.73 Å². The number of hydrogen-bond acceptors (Lipinski definition) is 3. The predicted molar refractivity (Wildman–Crippen MR) is 76.4 cm³/mol. The first-order valence-electron chi connectivity index (χ1n) is 6.72. The number of likely N-dealkylation sites (N-methyl/N-ethyl adjacent to an activating group) is 1. The summed E-state index contributed by atoms with van der Waals surface area (Å²) in [6.07, 6.45) is 0. The van der Waals surface area contributed by atoms with Crippen molar-refractivity contribution >= 4 is 0 Å². The van der Waals surface area contributed by atoms with Crippen LogP contribution in [0.4, 0.5) is 0 Å². The van der Waals surface area contributed by atoms with Crippen LogP contribution in [0.15, 0.2) is 30.3 Å². The quantitative estimate of drug-likeness (QED) is 0.879. The molecule has 1 heterocycles. The van der Waals surface area contributed by atoms with Gasteiger partial charge in [-0.1, -0.05) is 30.3 Å². The Balaban J connectivity index is 2.10. The highest BCUT2D eigenvalue weighted by Gasteiger charge is 2.36. The fraction of sp³-hybridized carbons (Fsp3) is 0.600. The number of benzene rings is 1. The van der Waals surface area contributed by atoms with Crippen molar-refractivity contribution in [3.05, 3.63) is 35.9 Å². The largest absolute Gasteiger partial charge is 0.329 e. The van der Waals surface area contributed by atoms with E-state index in [4.69, 9.17) is 5.73 Å². The van der Waals surface area contributed by atoms with Gasteiger partial charge in [0.1, 0.15) is 0 Å². The molecule has 1 aliphatic rings. The molecule has 1 fully saturated rings. The van der Waals surface area contributed by atoms with Crippen LogP contribution in [-0.4, -0.2) is 48.1 Å². The Morgan fingerprint density at radius 1 is 1.28 bits per heavy atom. The van der Waals surface area contributed by atoms with Crippen LogP contribution in [0, 0.1) is 0 Å². The Labute approximate surface area is 111 Å². The first kappa shape index (κ1) is 13.5. The minimum absolute atomic E-state index is 0.205. The van der Waals surface area contributed by atoms with Gasteiger partial charge in [-0.15, -0.1) is 0 Å². The van der Waals surface area contributed by atoms with Crippen molar-refractivity contribution in [2.75, 3.05) is 26.7 Å². The number of hydrogen-bond donors (Lipinski definition) is 1. The third-order valence-corrected chi connectivity index (χ3v) is 4.04. The molecule has 1 saturated heterocycles. The summed E-state index contributed by atoms with van der Waals surface area (Å²) >= 11 is 0. The molecular weight excluding hydrogens is 222 g/mol. The summed E-state index contributed by atoms with van der Waals surface area (Å²) in [5.41, 5.74) is 7.45. The van der Waals surface area contributed by atoms with E-state index in [1.54, 1.807) is 0 Å². The zero-order chi connectivity index (χ0) is 13.2. The minimum Gasteiger partial charge on any atom is -0.329 e. The second-order valence-electron chi connectivity index (χ2n) is 5.98. The molecule has 0 spiro atoms. The fourth-order valence-corrected chi connectivity index (χ4v) is 2.82. The number of nitrogens with two attached hydrogens (primary N) is 1. The van der Waals surface area contributed by atoms with E-state index in [9.17, 15) is 0 Å². The van der Waals surface area contributed by atoms with Gasteiger partial charge in [0.25, 0.3) is 0 Å². The highest BCUT2D eigenvalue weighted by molar-refractivity contribution is 5.15. The summed E-state index contributed by atoms with van der Waals surface area (Å²) in [6, 6.07) is 11.2. The monoisotopic (exact) mass is 247 g/mol. The standard InChI is InChI=1S/C15H25N3/c1-15(2)12-17(3)14(9-16)11-18(15)10-13-7-5-4-6-8-13/h4-8,14H,9-12,16H2,1-3H3. The molecule has 1 atom stereocenters. The predicted octanol–water partition coefficient (Wildman–Crippen LogP) is 1.54. The first-order valence-corrected chi connectivity index (χ1v) is 6.72. The van der Waals surface area contributed by atoms with E-state index < -0.39 is 0 Å². The molecule has 2 N–H and O–H groups in total. The Morgan fingerprint density at radius 3 is 2.56 bits per heavy atom. The fourth-order valence-electron chi connectivity index (χ4n) is 2.82. The van der Waals surface area contributed by atoms with Crippen molar-refractivity contribution < 1.29 is 0 Å². The number of rotatable bonds is 3. The topological polar surface area (TPSA) is 32.5 Å². The highest BCUT2D eigenvalue weighted by atomic mass is 15.3. The number of piperazine rings is 1. The lowest BCUT2D eigenvalue weighted by Crippen LogP contribution is -2.63. The van der Waals surface area contributed by atoms with Gasteiger partial charge in [0.15, 0.2) is 0 Å². The lowest BCUT2D eigenvalue weighted by atomic mass is 9.95. The van der Waals surface area contributed by atoms with Crippen LogP contribution in [0.5, 0.6) is 0 Å². The third-order valence-electron chi connectivity index (χ3n) is 4.04. The molecule has 1 aromatic carbocycles. The molecule has 1 aliphatic heterocycles. The van der Waals surface area contributed by atoms with E-state index in [1.165, 1.54) is 5.56 Å². The van der Waals surface area contributed by atoms with Gasteiger partial charge >= 0.3 is 0 Å². The molecule has 3 heteroatoms. The molecular formula is C15H25N3. The Bertz CT molecular complexity index is 375. The molecule has 1 unspecified atom stereocenters. The van der Waals surface area contributed by atoms with Crippen LogP contribution >= 0.6 is 0 Å². The maximum Gasteiger partial charge on any atom is 0.0343 e. The summed E-state index contributed by atoms with van der Waals surface area (Å²) in [5.74, 6) is 0. The van der Waals surface area contributed by atoms with E-state index in [2.05, 4.69) is 61.0 Å². The van der Waals surface area contributed by atoms with Crippen LogP contribution in [0.25, 0.3) is 0 Å². The molecule has 0 saturated carbocycles. The molecule has 100 valence electrons. The normalized spacial score (nSPS) is 25.2. The summed E-state index contributed by atoms with van der Waals surface area (Å²) in [4.78, 5) is 4.95. The summed E-state index contributed by atoms with van der Waals surface area (Å²) in [6.45, 7) is 8.50. The van der Waals surface area contributed by atoms with Crippen molar-refractivity contribution in [1.29, 1.82) is 0 Å². The van der Waals surface area contributed by atoms with Crippen LogP contribution < -0.4 is 5.73 Å². The minimum atomic E-state index is 0.205. The summed E-state index contributed by atoms with van der Waals surface area (Å²) in [7, 11) is 2.18. The van der Waals surface area contributed by atoms with Crippen LogP contribution in [0.3, 0.4) is 0 Å². The van der Waals surface area contributed by atoms with E-state index in [-0.39, 0.29) is 5.54 Å². The third kappa shape index (κ3) is 2.91. The van der Waals surface area contributed by atoms with Crippen molar-refractivity contribution in [1.82, 2.24) is 9.80 Å². The van der Waals surface area contributed by atoms with Gasteiger partial charge in [0, 0.05) is 37.8 Å². The van der Waals surface area contributed by atoms with Crippen molar-refractivity contribution in [3.63, 3.8) is 0 Å². The van der Waals surface area contributed by atoms with Crippen molar-refractivity contribution in [2.24, 2.45) is 5.73 Å². The van der Waals surface area contributed by atoms with E-state index in [0.29, 0.717) is 6.04 Å². The van der Waals surface area contributed by atoms with Crippen molar-refractivity contribution in [2.45, 2.75) is 32.0 Å². The molecule has 2 rings (SSSR count). The Morgan fingerprint density at radius 2 is 1.94 bits per heavy atom. The molecule has 18 heavy (non-hydrogen) atoms. The zero-order valence-corrected chi connectivity index (χ0v) is 11.8. The Hall–Kier alpha value is -0.900. The Kier molecular flexibility index (Phi) is 4.05.